The van der Waals surface area contributed by atoms with Crippen molar-refractivity contribution >= 4 is 17.6 Å². The molecule has 0 atom stereocenters. The van der Waals surface area contributed by atoms with Crippen LogP contribution in [0.2, 0.25) is 5.02 Å². The number of nitrogens with zero attached hydrogens (tertiary/aromatic N) is 1. The Bertz CT molecular complexity index is 639. The summed E-state index contributed by atoms with van der Waals surface area (Å²) in [6.07, 6.45) is 4.08. The second-order valence-corrected chi connectivity index (χ2v) is 5.42. The summed E-state index contributed by atoms with van der Waals surface area (Å²) in [6.45, 7) is 1.95. The van der Waals surface area contributed by atoms with Gasteiger partial charge in [0.05, 0.1) is 0 Å². The van der Waals surface area contributed by atoms with Gasteiger partial charge in [-0.1, -0.05) is 23.7 Å². The van der Waals surface area contributed by atoms with Crippen molar-refractivity contribution in [2.24, 2.45) is 0 Å². The third kappa shape index (κ3) is 2.15. The minimum absolute atomic E-state index is 0.353. The molecule has 0 unspecified atom stereocenters. The van der Waals surface area contributed by atoms with E-state index < -0.39 is 5.97 Å². The standard InChI is InChI=1S/C15H14ClNO2/c1-9-8-17(12-6-7-12)14(15(18)19)13(9)10-2-4-11(16)5-3-10/h2-5,8,12H,6-7H2,1H3,(H,18,19). The molecule has 1 aromatic carbocycles. The van der Waals surface area contributed by atoms with Crippen LogP contribution in [0, 0.1) is 6.92 Å². The Morgan fingerprint density at radius 3 is 2.47 bits per heavy atom. The SMILES string of the molecule is Cc1cn(C2CC2)c(C(=O)O)c1-c1ccc(Cl)cc1. The number of carboxylic acid groups (broad SMARTS) is 1. The van der Waals surface area contributed by atoms with Crippen molar-refractivity contribution in [2.75, 3.05) is 0 Å². The van der Waals surface area contributed by atoms with Gasteiger partial charge >= 0.3 is 5.97 Å². The van der Waals surface area contributed by atoms with E-state index in [4.69, 9.17) is 11.6 Å². The second kappa shape index (κ2) is 4.42. The molecule has 1 heterocycles. The Kier molecular flexibility index (Phi) is 2.86. The van der Waals surface area contributed by atoms with Crippen molar-refractivity contribution in [1.29, 1.82) is 0 Å². The number of carbonyl (C=O) groups is 1. The van der Waals surface area contributed by atoms with Gasteiger partial charge in [0.25, 0.3) is 0 Å². The molecule has 2 aromatic rings. The summed E-state index contributed by atoms with van der Waals surface area (Å²) in [4.78, 5) is 11.6. The maximum absolute atomic E-state index is 11.6. The Hall–Kier alpha value is -1.74. The number of carboxylic acids is 1. The predicted molar refractivity (Wildman–Crippen MR) is 74.8 cm³/mol. The number of aromatic carboxylic acids is 1. The van der Waals surface area contributed by atoms with Gasteiger partial charge < -0.3 is 9.67 Å². The summed E-state index contributed by atoms with van der Waals surface area (Å²) in [5.41, 5.74) is 3.09. The molecular formula is C15H14ClNO2. The molecule has 4 heteroatoms. The lowest BCUT2D eigenvalue weighted by atomic mass is 10.0. The number of rotatable bonds is 3. The van der Waals surface area contributed by atoms with Crippen molar-refractivity contribution in [1.82, 2.24) is 4.57 Å². The number of aromatic nitrogens is 1. The molecule has 19 heavy (non-hydrogen) atoms. The van der Waals surface area contributed by atoms with Gasteiger partial charge in [0, 0.05) is 22.8 Å². The van der Waals surface area contributed by atoms with Crippen LogP contribution in [0.15, 0.2) is 30.5 Å². The zero-order chi connectivity index (χ0) is 13.6. The molecule has 3 nitrogen and oxygen atoms in total. The van der Waals surface area contributed by atoms with Gasteiger partial charge in [-0.3, -0.25) is 0 Å². The molecule has 0 saturated heterocycles. The van der Waals surface area contributed by atoms with Crippen molar-refractivity contribution in [3.05, 3.63) is 46.7 Å². The first-order chi connectivity index (χ1) is 9.08. The van der Waals surface area contributed by atoms with Gasteiger partial charge in [-0.15, -0.1) is 0 Å². The van der Waals surface area contributed by atoms with Crippen molar-refractivity contribution in [3.8, 4) is 11.1 Å². The summed E-state index contributed by atoms with van der Waals surface area (Å²) < 4.78 is 1.90. The quantitative estimate of drug-likeness (QED) is 0.914. The van der Waals surface area contributed by atoms with Gasteiger partial charge in [0.15, 0.2) is 0 Å². The normalized spacial score (nSPS) is 14.6. The highest BCUT2D eigenvalue weighted by Gasteiger charge is 2.30. The zero-order valence-electron chi connectivity index (χ0n) is 10.6. The van der Waals surface area contributed by atoms with E-state index >= 15 is 0 Å². The fourth-order valence-corrected chi connectivity index (χ4v) is 2.62. The Labute approximate surface area is 116 Å². The van der Waals surface area contributed by atoms with Crippen molar-refractivity contribution in [3.63, 3.8) is 0 Å². The molecule has 1 saturated carbocycles. The van der Waals surface area contributed by atoms with Gasteiger partial charge in [0.2, 0.25) is 0 Å². The fourth-order valence-electron chi connectivity index (χ4n) is 2.49. The first-order valence-electron chi connectivity index (χ1n) is 6.28. The monoisotopic (exact) mass is 275 g/mol. The van der Waals surface area contributed by atoms with Crippen LogP contribution in [0.25, 0.3) is 11.1 Å². The van der Waals surface area contributed by atoms with Crippen LogP contribution < -0.4 is 0 Å². The topological polar surface area (TPSA) is 42.2 Å². The third-order valence-corrected chi connectivity index (χ3v) is 3.75. The first kappa shape index (κ1) is 12.3. The van der Waals surface area contributed by atoms with Crippen LogP contribution in [0.1, 0.15) is 34.9 Å². The van der Waals surface area contributed by atoms with Crippen LogP contribution >= 0.6 is 11.6 Å². The van der Waals surface area contributed by atoms with Crippen LogP contribution in [0.3, 0.4) is 0 Å². The number of hydrogen-bond acceptors (Lipinski definition) is 1. The number of aryl methyl sites for hydroxylation is 1. The Morgan fingerprint density at radius 2 is 1.95 bits per heavy atom. The minimum Gasteiger partial charge on any atom is -0.477 e. The lowest BCUT2D eigenvalue weighted by molar-refractivity contribution is 0.0686. The molecule has 0 bridgehead atoms. The molecule has 0 radical (unpaired) electrons. The molecule has 98 valence electrons. The number of benzene rings is 1. The van der Waals surface area contributed by atoms with Gasteiger partial charge in [0.1, 0.15) is 5.69 Å². The van der Waals surface area contributed by atoms with E-state index in [9.17, 15) is 9.90 Å². The van der Waals surface area contributed by atoms with Crippen molar-refractivity contribution in [2.45, 2.75) is 25.8 Å². The molecule has 1 aliphatic carbocycles. The lowest BCUT2D eigenvalue weighted by Gasteiger charge is -2.07. The fraction of sp³-hybridized carbons (Fsp3) is 0.267. The van der Waals surface area contributed by atoms with E-state index in [0.29, 0.717) is 16.8 Å². The summed E-state index contributed by atoms with van der Waals surface area (Å²) >= 11 is 5.89. The Balaban J connectivity index is 2.19. The van der Waals surface area contributed by atoms with Crippen LogP contribution in [0.5, 0.6) is 0 Å². The van der Waals surface area contributed by atoms with Gasteiger partial charge in [-0.05, 0) is 43.0 Å². The van der Waals surface area contributed by atoms with E-state index in [2.05, 4.69) is 0 Å². The highest BCUT2D eigenvalue weighted by molar-refractivity contribution is 6.30. The number of halogens is 1. The van der Waals surface area contributed by atoms with E-state index in [1.165, 1.54) is 0 Å². The predicted octanol–water partition coefficient (Wildman–Crippen LogP) is 4.15. The molecule has 0 spiro atoms. The molecule has 1 aromatic heterocycles. The molecule has 1 aliphatic rings. The molecule has 0 aliphatic heterocycles. The maximum Gasteiger partial charge on any atom is 0.353 e. The largest absolute Gasteiger partial charge is 0.477 e. The zero-order valence-corrected chi connectivity index (χ0v) is 11.3. The van der Waals surface area contributed by atoms with E-state index in [0.717, 1.165) is 29.5 Å². The van der Waals surface area contributed by atoms with Crippen molar-refractivity contribution < 1.29 is 9.90 Å². The van der Waals surface area contributed by atoms with Gasteiger partial charge in [-0.2, -0.15) is 0 Å². The Morgan fingerprint density at radius 1 is 1.32 bits per heavy atom. The molecule has 3 rings (SSSR count). The first-order valence-corrected chi connectivity index (χ1v) is 6.66. The number of hydrogen-bond donors (Lipinski definition) is 1. The molecule has 1 fully saturated rings. The van der Waals surface area contributed by atoms with Gasteiger partial charge in [-0.25, -0.2) is 4.79 Å². The molecule has 1 N–H and O–H groups in total. The summed E-state index contributed by atoms with van der Waals surface area (Å²) in [5, 5.41) is 10.2. The van der Waals surface area contributed by atoms with E-state index in [1.54, 1.807) is 12.1 Å². The van der Waals surface area contributed by atoms with Crippen LogP contribution in [-0.4, -0.2) is 15.6 Å². The highest BCUT2D eigenvalue weighted by atomic mass is 35.5. The van der Waals surface area contributed by atoms with Crippen LogP contribution in [-0.2, 0) is 0 Å². The smallest absolute Gasteiger partial charge is 0.353 e. The van der Waals surface area contributed by atoms with E-state index in [1.807, 2.05) is 29.8 Å². The highest BCUT2D eigenvalue weighted by Crippen LogP contribution is 2.40. The van der Waals surface area contributed by atoms with Crippen LogP contribution in [0.4, 0.5) is 0 Å². The lowest BCUT2D eigenvalue weighted by Crippen LogP contribution is -2.07. The summed E-state index contributed by atoms with van der Waals surface area (Å²) in [5.74, 6) is -0.870. The third-order valence-electron chi connectivity index (χ3n) is 3.50. The molecule has 0 amide bonds. The summed E-state index contributed by atoms with van der Waals surface area (Å²) in [6, 6.07) is 7.67. The average Bonchev–Trinajstić information content (AvgIpc) is 3.14. The average molecular weight is 276 g/mol. The summed E-state index contributed by atoms with van der Waals surface area (Å²) in [7, 11) is 0. The van der Waals surface area contributed by atoms with E-state index in [-0.39, 0.29) is 0 Å². The maximum atomic E-state index is 11.6. The minimum atomic E-state index is -0.870. The second-order valence-electron chi connectivity index (χ2n) is 4.99. The molecular weight excluding hydrogens is 262 g/mol.